The summed E-state index contributed by atoms with van der Waals surface area (Å²) in [6.45, 7) is 0. The molecule has 0 saturated carbocycles. The Balaban J connectivity index is 2.73. The lowest BCUT2D eigenvalue weighted by molar-refractivity contribution is 0.467. The third-order valence-electron chi connectivity index (χ3n) is 1.21. The Bertz CT molecular complexity index is 285. The summed E-state index contributed by atoms with van der Waals surface area (Å²) in [6.07, 6.45) is 3.35. The van der Waals surface area contributed by atoms with Crippen molar-refractivity contribution in [1.82, 2.24) is 0 Å². The van der Waals surface area contributed by atoms with Gasteiger partial charge in [0.1, 0.15) is 10.8 Å². The van der Waals surface area contributed by atoms with E-state index in [9.17, 15) is 4.21 Å². The van der Waals surface area contributed by atoms with Crippen LogP contribution in [0, 0.1) is 0 Å². The molecule has 1 aromatic rings. The van der Waals surface area contributed by atoms with Crippen LogP contribution < -0.4 is 0 Å². The molecule has 0 fully saturated rings. The average Bonchev–Trinajstić information content (AvgIpc) is 2.35. The van der Waals surface area contributed by atoms with E-state index in [1.807, 2.05) is 0 Å². The van der Waals surface area contributed by atoms with Crippen molar-refractivity contribution in [3.8, 4) is 0 Å². The highest BCUT2D eigenvalue weighted by atomic mass is 32.2. The fourth-order valence-corrected chi connectivity index (χ4v) is 1.70. The maximum Gasteiger partial charge on any atom is 0.201 e. The first-order valence-electron chi connectivity index (χ1n) is 2.54. The predicted octanol–water partition coefficient (Wildman–Crippen LogP) is 1.37. The maximum atomic E-state index is 10.9. The number of hydrogen-bond donors (Lipinski definition) is 0. The molecule has 0 amide bonds. The lowest BCUT2D eigenvalue weighted by Crippen LogP contribution is -1.76. The highest BCUT2D eigenvalue weighted by molar-refractivity contribution is 7.88. The van der Waals surface area contributed by atoms with Gasteiger partial charge >= 0.3 is 0 Å². The zero-order valence-electron chi connectivity index (χ0n) is 4.53. The Morgan fingerprint density at radius 2 is 2.44 bits per heavy atom. The summed E-state index contributed by atoms with van der Waals surface area (Å²) in [7, 11) is -1.01. The van der Waals surface area contributed by atoms with E-state index in [-0.39, 0.29) is 0 Å². The molecule has 0 bridgehead atoms. The second kappa shape index (κ2) is 1.57. The zero-order valence-corrected chi connectivity index (χ0v) is 5.35. The fourth-order valence-electron chi connectivity index (χ4n) is 0.789. The quantitative estimate of drug-likeness (QED) is 0.544. The van der Waals surface area contributed by atoms with Gasteiger partial charge in [-0.05, 0) is 12.1 Å². The predicted molar refractivity (Wildman–Crippen MR) is 34.2 cm³/mol. The van der Waals surface area contributed by atoms with E-state index in [0.29, 0.717) is 5.09 Å². The van der Waals surface area contributed by atoms with Gasteiger partial charge in [-0.25, -0.2) is 4.21 Å². The Morgan fingerprint density at radius 3 is 3.22 bits per heavy atom. The van der Waals surface area contributed by atoms with Gasteiger partial charge in [0.25, 0.3) is 0 Å². The van der Waals surface area contributed by atoms with Crippen LogP contribution in [0.2, 0.25) is 0 Å². The molecule has 1 unspecified atom stereocenters. The van der Waals surface area contributed by atoms with Crippen LogP contribution in [0.5, 0.6) is 0 Å². The summed E-state index contributed by atoms with van der Waals surface area (Å²) < 4.78 is 15.8. The van der Waals surface area contributed by atoms with Crippen LogP contribution in [0.4, 0.5) is 0 Å². The summed E-state index contributed by atoms with van der Waals surface area (Å²) in [5.41, 5.74) is 0.938. The molecule has 1 aromatic heterocycles. The van der Waals surface area contributed by atoms with Gasteiger partial charge in [0, 0.05) is 11.0 Å². The van der Waals surface area contributed by atoms with Gasteiger partial charge in [0.05, 0.1) is 6.26 Å². The molecule has 3 heteroatoms. The molecule has 0 N–H and O–H groups in total. The van der Waals surface area contributed by atoms with Gasteiger partial charge in [-0.15, -0.1) is 0 Å². The zero-order chi connectivity index (χ0) is 6.27. The molecular weight excluding hydrogens is 136 g/mol. The van der Waals surface area contributed by atoms with Crippen molar-refractivity contribution >= 4 is 16.9 Å². The monoisotopic (exact) mass is 140 g/mol. The number of furan rings is 1. The largest absolute Gasteiger partial charge is 0.455 e. The van der Waals surface area contributed by atoms with E-state index in [4.69, 9.17) is 4.42 Å². The van der Waals surface area contributed by atoms with Gasteiger partial charge < -0.3 is 4.42 Å². The number of fused-ring (bicyclic) bond motifs is 1. The van der Waals surface area contributed by atoms with Gasteiger partial charge in [-0.1, -0.05) is 0 Å². The molecule has 1 atom stereocenters. The molecule has 0 spiro atoms. The van der Waals surface area contributed by atoms with Crippen LogP contribution in [-0.4, -0.2) is 4.21 Å². The van der Waals surface area contributed by atoms with Crippen LogP contribution >= 0.6 is 0 Å². The molecule has 2 heterocycles. The minimum Gasteiger partial charge on any atom is -0.455 e. The summed E-state index contributed by atoms with van der Waals surface area (Å²) in [6, 6.07) is 1.80. The van der Waals surface area contributed by atoms with Crippen molar-refractivity contribution in [2.75, 3.05) is 0 Å². The maximum absolute atomic E-state index is 10.9. The Labute approximate surface area is 54.6 Å². The molecule has 0 aliphatic carbocycles. The second-order valence-electron chi connectivity index (χ2n) is 1.76. The molecule has 0 saturated heterocycles. The van der Waals surface area contributed by atoms with Crippen molar-refractivity contribution in [1.29, 1.82) is 0 Å². The van der Waals surface area contributed by atoms with Crippen molar-refractivity contribution in [3.63, 3.8) is 0 Å². The molecule has 0 radical (unpaired) electrons. The van der Waals surface area contributed by atoms with Crippen LogP contribution in [-0.2, 0) is 10.8 Å². The minimum atomic E-state index is -1.01. The third kappa shape index (κ3) is 0.580. The van der Waals surface area contributed by atoms with Crippen LogP contribution in [0.3, 0.4) is 0 Å². The van der Waals surface area contributed by atoms with Gasteiger partial charge in [0.15, 0.2) is 0 Å². The summed E-state index contributed by atoms with van der Waals surface area (Å²) in [4.78, 5) is 0. The molecule has 1 aliphatic heterocycles. The fraction of sp³-hybridized carbons (Fsp3) is 0. The van der Waals surface area contributed by atoms with Crippen molar-refractivity contribution in [2.45, 2.75) is 5.09 Å². The first kappa shape index (κ1) is 4.99. The van der Waals surface area contributed by atoms with Crippen LogP contribution in [0.25, 0.3) is 6.08 Å². The summed E-state index contributed by atoms with van der Waals surface area (Å²) in [5, 5.41) is 2.20. The smallest absolute Gasteiger partial charge is 0.201 e. The Hall–Kier alpha value is -0.830. The van der Waals surface area contributed by atoms with Gasteiger partial charge in [0.2, 0.25) is 5.09 Å². The minimum absolute atomic E-state index is 0.579. The lowest BCUT2D eigenvalue weighted by atomic mass is 10.3. The molecule has 46 valence electrons. The molecular formula is C6H4O2S. The van der Waals surface area contributed by atoms with Crippen LogP contribution in [0.15, 0.2) is 27.2 Å². The van der Waals surface area contributed by atoms with E-state index in [2.05, 4.69) is 0 Å². The van der Waals surface area contributed by atoms with E-state index in [1.54, 1.807) is 23.8 Å². The van der Waals surface area contributed by atoms with E-state index < -0.39 is 10.8 Å². The SMILES string of the molecule is O=S1C=Cc2ccoc21. The number of rotatable bonds is 0. The van der Waals surface area contributed by atoms with Crippen LogP contribution in [0.1, 0.15) is 5.56 Å². The standard InChI is InChI=1S/C6H4O2S/c7-9-4-2-5-1-3-8-6(5)9/h1-4H. The first-order valence-corrected chi connectivity index (χ1v) is 3.75. The summed E-state index contributed by atoms with van der Waals surface area (Å²) >= 11 is 0. The Kier molecular flexibility index (Phi) is 0.873. The highest BCUT2D eigenvalue weighted by Crippen LogP contribution is 2.23. The normalized spacial score (nSPS) is 22.4. The topological polar surface area (TPSA) is 30.2 Å². The van der Waals surface area contributed by atoms with Gasteiger partial charge in [-0.2, -0.15) is 0 Å². The summed E-state index contributed by atoms with van der Waals surface area (Å²) in [5.74, 6) is 0. The van der Waals surface area contributed by atoms with Crippen molar-refractivity contribution in [3.05, 3.63) is 23.3 Å². The molecule has 2 rings (SSSR count). The van der Waals surface area contributed by atoms with E-state index in [1.165, 1.54) is 0 Å². The molecule has 2 nitrogen and oxygen atoms in total. The molecule has 0 aromatic carbocycles. The second-order valence-corrected chi connectivity index (χ2v) is 3.00. The number of hydrogen-bond acceptors (Lipinski definition) is 2. The van der Waals surface area contributed by atoms with Gasteiger partial charge in [-0.3, -0.25) is 0 Å². The molecule has 1 aliphatic rings. The highest BCUT2D eigenvalue weighted by Gasteiger charge is 2.14. The molecule has 9 heavy (non-hydrogen) atoms. The first-order chi connectivity index (χ1) is 4.38. The third-order valence-corrected chi connectivity index (χ3v) is 2.29. The van der Waals surface area contributed by atoms with E-state index in [0.717, 1.165) is 5.56 Å². The lowest BCUT2D eigenvalue weighted by Gasteiger charge is -1.81. The van der Waals surface area contributed by atoms with Crippen molar-refractivity contribution < 1.29 is 8.63 Å². The Morgan fingerprint density at radius 1 is 1.56 bits per heavy atom. The average molecular weight is 140 g/mol. The van der Waals surface area contributed by atoms with E-state index >= 15 is 0 Å². The van der Waals surface area contributed by atoms with Crippen molar-refractivity contribution in [2.24, 2.45) is 0 Å².